The van der Waals surface area contributed by atoms with Gasteiger partial charge in [0.2, 0.25) is 0 Å². The molecule has 1 aliphatic rings. The zero-order valence-electron chi connectivity index (χ0n) is 12.6. The molecule has 1 N–H and O–H groups in total. The number of carbonyl (C=O) groups excluding carboxylic acids is 1. The van der Waals surface area contributed by atoms with E-state index >= 15 is 0 Å². The molecule has 1 aromatic rings. The number of carbonyl (C=O) groups is 1. The molecule has 124 valence electrons. The van der Waals surface area contributed by atoms with E-state index in [1.165, 1.54) is 0 Å². The molecule has 1 fully saturated rings. The van der Waals surface area contributed by atoms with E-state index in [9.17, 15) is 9.90 Å². The van der Waals surface area contributed by atoms with Gasteiger partial charge in [0, 0.05) is 11.3 Å². The van der Waals surface area contributed by atoms with E-state index in [1.54, 1.807) is 12.1 Å². The second-order valence-electron chi connectivity index (χ2n) is 5.07. The molecule has 8 nitrogen and oxygen atoms in total. The highest BCUT2D eigenvalue weighted by Crippen LogP contribution is 2.16. The van der Waals surface area contributed by atoms with Crippen LogP contribution in [0.5, 0.6) is 0 Å². The number of aliphatic hydroxyl groups excluding tert-OH is 1. The number of rotatable bonds is 7. The minimum atomic E-state index is -1.34. The molecule has 0 radical (unpaired) electrons. The van der Waals surface area contributed by atoms with Gasteiger partial charge < -0.3 is 19.3 Å². The highest BCUT2D eigenvalue weighted by atomic mass is 16.7. The lowest BCUT2D eigenvalue weighted by molar-refractivity contribution is -0.193. The van der Waals surface area contributed by atoms with Crippen molar-refractivity contribution in [1.82, 2.24) is 0 Å². The molecular formula is C15H19N3O5. The van der Waals surface area contributed by atoms with Gasteiger partial charge in [-0.3, -0.25) is 4.79 Å². The predicted molar refractivity (Wildman–Crippen MR) is 80.1 cm³/mol. The van der Waals surface area contributed by atoms with Crippen LogP contribution in [0.3, 0.4) is 0 Å². The van der Waals surface area contributed by atoms with Crippen LogP contribution in [0.25, 0.3) is 10.4 Å². The van der Waals surface area contributed by atoms with Gasteiger partial charge in [0.1, 0.15) is 6.61 Å². The van der Waals surface area contributed by atoms with Crippen molar-refractivity contribution in [3.05, 3.63) is 46.3 Å². The summed E-state index contributed by atoms with van der Waals surface area (Å²) in [4.78, 5) is 14.7. The average molecular weight is 321 g/mol. The molecule has 1 aromatic carbocycles. The van der Waals surface area contributed by atoms with Crippen LogP contribution in [0.15, 0.2) is 35.4 Å². The van der Waals surface area contributed by atoms with E-state index in [-0.39, 0.29) is 13.0 Å². The molecular weight excluding hydrogens is 302 g/mol. The topological polar surface area (TPSA) is 114 Å². The molecule has 23 heavy (non-hydrogen) atoms. The maximum Gasteiger partial charge on any atom is 0.317 e. The van der Waals surface area contributed by atoms with E-state index in [4.69, 9.17) is 19.7 Å². The smallest absolute Gasteiger partial charge is 0.317 e. The fraction of sp³-hybridized carbons (Fsp3) is 0.533. The average Bonchev–Trinajstić information content (AvgIpc) is 2.59. The summed E-state index contributed by atoms with van der Waals surface area (Å²) < 4.78 is 15.7. The Morgan fingerprint density at radius 2 is 2.09 bits per heavy atom. The quantitative estimate of drug-likeness (QED) is 0.357. The van der Waals surface area contributed by atoms with E-state index < -0.39 is 24.4 Å². The van der Waals surface area contributed by atoms with Gasteiger partial charge in [-0.2, -0.15) is 0 Å². The van der Waals surface area contributed by atoms with E-state index in [2.05, 4.69) is 10.0 Å². The van der Waals surface area contributed by atoms with Gasteiger partial charge >= 0.3 is 5.97 Å². The molecule has 0 aliphatic carbocycles. The Morgan fingerprint density at radius 3 is 2.74 bits per heavy atom. The first-order valence-corrected chi connectivity index (χ1v) is 7.36. The molecule has 0 unspecified atom stereocenters. The Balaban J connectivity index is 1.90. The fourth-order valence-corrected chi connectivity index (χ4v) is 2.15. The van der Waals surface area contributed by atoms with Gasteiger partial charge in [-0.1, -0.05) is 35.4 Å². The minimum absolute atomic E-state index is 0.0319. The summed E-state index contributed by atoms with van der Waals surface area (Å²) in [6.07, 6.45) is -1.04. The maximum absolute atomic E-state index is 12.1. The molecule has 8 heteroatoms. The first kappa shape index (κ1) is 17.2. The van der Waals surface area contributed by atoms with E-state index in [0.717, 1.165) is 12.0 Å². The Hall–Kier alpha value is -2.12. The number of nitrogens with zero attached hydrogens (tertiary/aromatic N) is 3. The van der Waals surface area contributed by atoms with Crippen molar-refractivity contribution in [3.8, 4) is 0 Å². The van der Waals surface area contributed by atoms with Crippen molar-refractivity contribution in [2.45, 2.75) is 37.9 Å². The standard InChI is InChI=1S/C15H19N3O5/c16-18-17-14(12(19)9-13-21-7-4-8-22-13)15(20)23-10-11-5-2-1-3-6-11/h1-3,5-6,12-14,19H,4,7-10H2/t12-,14-/m0/s1. The third-order valence-electron chi connectivity index (χ3n) is 3.34. The first-order valence-electron chi connectivity index (χ1n) is 7.36. The molecule has 1 heterocycles. The largest absolute Gasteiger partial charge is 0.460 e. The summed E-state index contributed by atoms with van der Waals surface area (Å²) in [6, 6.07) is 7.76. The van der Waals surface area contributed by atoms with Gasteiger partial charge in [0.05, 0.1) is 19.3 Å². The zero-order valence-corrected chi connectivity index (χ0v) is 12.6. The van der Waals surface area contributed by atoms with Crippen LogP contribution in [0, 0.1) is 0 Å². The molecule has 0 aromatic heterocycles. The van der Waals surface area contributed by atoms with Crippen LogP contribution in [0.2, 0.25) is 0 Å². The lowest BCUT2D eigenvalue weighted by Crippen LogP contribution is -2.38. The third kappa shape index (κ3) is 5.54. The number of hydrogen-bond donors (Lipinski definition) is 1. The van der Waals surface area contributed by atoms with Gasteiger partial charge in [-0.15, -0.1) is 0 Å². The number of benzene rings is 1. The number of hydrogen-bond acceptors (Lipinski definition) is 6. The summed E-state index contributed by atoms with van der Waals surface area (Å²) >= 11 is 0. The molecule has 0 amide bonds. The van der Waals surface area contributed by atoms with Crippen molar-refractivity contribution in [1.29, 1.82) is 0 Å². The maximum atomic E-state index is 12.1. The Labute approximate surface area is 133 Å². The summed E-state index contributed by atoms with van der Waals surface area (Å²) in [5.41, 5.74) is 9.40. The second-order valence-corrected chi connectivity index (χ2v) is 5.07. The number of azide groups is 1. The Morgan fingerprint density at radius 1 is 1.39 bits per heavy atom. The summed E-state index contributed by atoms with van der Waals surface area (Å²) in [5.74, 6) is -0.782. The lowest BCUT2D eigenvalue weighted by Gasteiger charge is -2.26. The Bertz CT molecular complexity index is 541. The van der Waals surface area contributed by atoms with Crippen LogP contribution in [0.1, 0.15) is 18.4 Å². The first-order chi connectivity index (χ1) is 11.2. The summed E-state index contributed by atoms with van der Waals surface area (Å²) in [6.45, 7) is 1.10. The predicted octanol–water partition coefficient (Wildman–Crippen LogP) is 1.92. The van der Waals surface area contributed by atoms with E-state index in [1.807, 2.05) is 18.2 Å². The van der Waals surface area contributed by atoms with Crippen LogP contribution < -0.4 is 0 Å². The third-order valence-corrected chi connectivity index (χ3v) is 3.34. The normalized spacial score (nSPS) is 17.8. The van der Waals surface area contributed by atoms with Gasteiger partial charge in [-0.25, -0.2) is 0 Å². The van der Waals surface area contributed by atoms with Crippen molar-refractivity contribution in [2.75, 3.05) is 13.2 Å². The van der Waals surface area contributed by atoms with Crippen LogP contribution >= 0.6 is 0 Å². The van der Waals surface area contributed by atoms with Crippen molar-refractivity contribution in [2.24, 2.45) is 5.11 Å². The lowest BCUT2D eigenvalue weighted by atomic mass is 10.1. The fourth-order valence-electron chi connectivity index (χ4n) is 2.15. The number of ether oxygens (including phenoxy) is 3. The molecule has 2 atom stereocenters. The van der Waals surface area contributed by atoms with E-state index in [0.29, 0.717) is 13.2 Å². The number of aliphatic hydroxyl groups is 1. The highest BCUT2D eigenvalue weighted by Gasteiger charge is 2.31. The molecule has 0 bridgehead atoms. The molecule has 0 saturated carbocycles. The molecule has 1 aliphatic heterocycles. The highest BCUT2D eigenvalue weighted by molar-refractivity contribution is 5.76. The summed E-state index contributed by atoms with van der Waals surface area (Å²) in [7, 11) is 0. The van der Waals surface area contributed by atoms with Crippen LogP contribution in [0.4, 0.5) is 0 Å². The van der Waals surface area contributed by atoms with Crippen molar-refractivity contribution in [3.63, 3.8) is 0 Å². The number of esters is 1. The minimum Gasteiger partial charge on any atom is -0.460 e. The second kappa shape index (κ2) is 9.12. The van der Waals surface area contributed by atoms with Gasteiger partial charge in [0.15, 0.2) is 12.3 Å². The zero-order chi connectivity index (χ0) is 16.5. The molecule has 2 rings (SSSR count). The molecule has 0 spiro atoms. The SMILES string of the molecule is [N-]=[N+]=N[C@H](C(=O)OCc1ccccc1)[C@@H](O)CC1OCCCO1. The van der Waals surface area contributed by atoms with Gasteiger partial charge in [-0.05, 0) is 17.5 Å². The van der Waals surface area contributed by atoms with Crippen molar-refractivity contribution < 1.29 is 24.1 Å². The van der Waals surface area contributed by atoms with Crippen LogP contribution in [-0.4, -0.2) is 42.7 Å². The monoisotopic (exact) mass is 321 g/mol. The van der Waals surface area contributed by atoms with Gasteiger partial charge in [0.25, 0.3) is 0 Å². The molecule has 1 saturated heterocycles. The van der Waals surface area contributed by atoms with Crippen molar-refractivity contribution >= 4 is 5.97 Å². The van der Waals surface area contributed by atoms with Crippen LogP contribution in [-0.2, 0) is 25.6 Å². The Kier molecular flexibility index (Phi) is 6.83. The summed E-state index contributed by atoms with van der Waals surface area (Å²) in [5, 5.41) is 13.5.